The number of thioether (sulfide) groups is 1. The van der Waals surface area contributed by atoms with Crippen LogP contribution in [0.5, 0.6) is 0 Å². The Kier molecular flexibility index (Phi) is 5.68. The maximum Gasteiger partial charge on any atom is 0.244 e. The number of aromatic amines is 1. The van der Waals surface area contributed by atoms with Crippen LogP contribution in [-0.2, 0) is 10.0 Å². The first-order chi connectivity index (χ1) is 8.38. The van der Waals surface area contributed by atoms with Gasteiger partial charge in [0, 0.05) is 6.04 Å². The smallest absolute Gasteiger partial charge is 0.244 e. The lowest BCUT2D eigenvalue weighted by Gasteiger charge is -2.13. The van der Waals surface area contributed by atoms with Crippen LogP contribution in [0.4, 0.5) is 0 Å². The Labute approximate surface area is 113 Å². The molecule has 0 amide bonds. The van der Waals surface area contributed by atoms with Crippen LogP contribution in [0, 0.1) is 13.8 Å². The number of nitrogens with zero attached hydrogens (tertiary/aromatic N) is 1. The number of hydrogen-bond acceptors (Lipinski definition) is 4. The van der Waals surface area contributed by atoms with Gasteiger partial charge in [0.05, 0.1) is 11.4 Å². The van der Waals surface area contributed by atoms with Crippen LogP contribution in [0.25, 0.3) is 0 Å². The summed E-state index contributed by atoms with van der Waals surface area (Å²) in [5.41, 5.74) is 1.09. The minimum Gasteiger partial charge on any atom is -0.281 e. The van der Waals surface area contributed by atoms with Crippen LogP contribution in [0.1, 0.15) is 31.7 Å². The monoisotopic (exact) mass is 291 g/mol. The van der Waals surface area contributed by atoms with Gasteiger partial charge in [-0.05, 0) is 38.7 Å². The summed E-state index contributed by atoms with van der Waals surface area (Å²) in [5.74, 6) is 2.02. The van der Waals surface area contributed by atoms with Crippen LogP contribution in [0.3, 0.4) is 0 Å². The van der Waals surface area contributed by atoms with E-state index in [0.29, 0.717) is 11.4 Å². The normalized spacial score (nSPS) is 13.8. The number of aromatic nitrogens is 2. The highest BCUT2D eigenvalue weighted by Crippen LogP contribution is 2.17. The van der Waals surface area contributed by atoms with E-state index in [-0.39, 0.29) is 10.9 Å². The van der Waals surface area contributed by atoms with Crippen LogP contribution < -0.4 is 4.72 Å². The molecule has 7 heteroatoms. The van der Waals surface area contributed by atoms with E-state index in [9.17, 15) is 8.42 Å². The first-order valence-corrected chi connectivity index (χ1v) is 8.64. The highest BCUT2D eigenvalue weighted by Gasteiger charge is 2.23. The van der Waals surface area contributed by atoms with Gasteiger partial charge in [-0.3, -0.25) is 5.10 Å². The predicted octanol–water partition coefficient (Wildman–Crippen LogP) is 1.84. The third-order valence-electron chi connectivity index (χ3n) is 2.58. The van der Waals surface area contributed by atoms with E-state index in [1.807, 2.05) is 18.7 Å². The molecule has 0 bridgehead atoms. The summed E-state index contributed by atoms with van der Waals surface area (Å²) < 4.78 is 27.1. The van der Waals surface area contributed by atoms with Crippen molar-refractivity contribution in [2.75, 3.05) is 11.5 Å². The van der Waals surface area contributed by atoms with Crippen molar-refractivity contribution in [3.8, 4) is 0 Å². The molecule has 1 rings (SSSR count). The fraction of sp³-hybridized carbons (Fsp3) is 0.727. The summed E-state index contributed by atoms with van der Waals surface area (Å²) in [6, 6.07) is -0.0669. The van der Waals surface area contributed by atoms with Crippen LogP contribution in [0.15, 0.2) is 4.90 Å². The number of aryl methyl sites for hydroxylation is 2. The number of H-pyrrole nitrogens is 1. The fourth-order valence-electron chi connectivity index (χ4n) is 1.72. The second kappa shape index (κ2) is 6.58. The predicted molar refractivity (Wildman–Crippen MR) is 75.5 cm³/mol. The molecule has 0 aliphatic heterocycles. The average molecular weight is 291 g/mol. The SMILES string of the molecule is CCSCCC(C)NS(=O)(=O)c1c(C)n[nH]c1C. The highest BCUT2D eigenvalue weighted by atomic mass is 32.2. The van der Waals surface area contributed by atoms with Gasteiger partial charge in [-0.2, -0.15) is 16.9 Å². The topological polar surface area (TPSA) is 74.8 Å². The molecule has 1 aromatic rings. The summed E-state index contributed by atoms with van der Waals surface area (Å²) in [6.07, 6.45) is 0.827. The van der Waals surface area contributed by atoms with Crippen molar-refractivity contribution in [3.05, 3.63) is 11.4 Å². The molecule has 0 aliphatic rings. The van der Waals surface area contributed by atoms with Gasteiger partial charge in [0.25, 0.3) is 0 Å². The maximum atomic E-state index is 12.2. The quantitative estimate of drug-likeness (QED) is 0.752. The van der Waals surface area contributed by atoms with Gasteiger partial charge < -0.3 is 0 Å². The molecule has 1 atom stereocenters. The molecule has 0 aliphatic carbocycles. The lowest BCUT2D eigenvalue weighted by Crippen LogP contribution is -2.33. The molecule has 5 nitrogen and oxygen atoms in total. The zero-order valence-corrected chi connectivity index (χ0v) is 12.9. The zero-order chi connectivity index (χ0) is 13.8. The summed E-state index contributed by atoms with van der Waals surface area (Å²) in [6.45, 7) is 7.39. The van der Waals surface area contributed by atoms with Crippen molar-refractivity contribution < 1.29 is 8.42 Å². The van der Waals surface area contributed by atoms with Crippen molar-refractivity contribution in [1.29, 1.82) is 0 Å². The summed E-state index contributed by atoms with van der Waals surface area (Å²) >= 11 is 1.81. The molecular weight excluding hydrogens is 270 g/mol. The van der Waals surface area contributed by atoms with E-state index in [1.54, 1.807) is 13.8 Å². The van der Waals surface area contributed by atoms with Crippen molar-refractivity contribution in [1.82, 2.24) is 14.9 Å². The van der Waals surface area contributed by atoms with Gasteiger partial charge in [-0.15, -0.1) is 0 Å². The Morgan fingerprint density at radius 3 is 2.61 bits per heavy atom. The standard InChI is InChI=1S/C11H21N3O2S2/c1-5-17-7-6-8(2)14-18(15,16)11-9(3)12-13-10(11)4/h8,14H,5-7H2,1-4H3,(H,12,13). The van der Waals surface area contributed by atoms with Crippen molar-refractivity contribution in [2.24, 2.45) is 0 Å². The number of sulfonamides is 1. The Morgan fingerprint density at radius 1 is 1.44 bits per heavy atom. The van der Waals surface area contributed by atoms with Crippen molar-refractivity contribution in [3.63, 3.8) is 0 Å². The van der Waals surface area contributed by atoms with Crippen LogP contribution in [0.2, 0.25) is 0 Å². The Balaban J connectivity index is 2.71. The first-order valence-electron chi connectivity index (χ1n) is 6.00. The average Bonchev–Trinajstić information content (AvgIpc) is 2.58. The van der Waals surface area contributed by atoms with E-state index >= 15 is 0 Å². The number of hydrogen-bond donors (Lipinski definition) is 2. The fourth-order valence-corrected chi connectivity index (χ4v) is 4.18. The van der Waals surface area contributed by atoms with Crippen molar-refractivity contribution >= 4 is 21.8 Å². The van der Waals surface area contributed by atoms with Gasteiger partial charge in [-0.25, -0.2) is 13.1 Å². The lowest BCUT2D eigenvalue weighted by atomic mass is 10.3. The van der Waals surface area contributed by atoms with Gasteiger partial charge in [0.2, 0.25) is 10.0 Å². The van der Waals surface area contributed by atoms with Gasteiger partial charge in [-0.1, -0.05) is 6.92 Å². The summed E-state index contributed by atoms with van der Waals surface area (Å²) in [4.78, 5) is 0.275. The minimum absolute atomic E-state index is 0.0669. The van der Waals surface area contributed by atoms with Gasteiger partial charge in [0.15, 0.2) is 0 Å². The van der Waals surface area contributed by atoms with E-state index in [0.717, 1.165) is 17.9 Å². The van der Waals surface area contributed by atoms with Crippen LogP contribution >= 0.6 is 11.8 Å². The molecule has 0 saturated heterocycles. The molecule has 2 N–H and O–H groups in total. The highest BCUT2D eigenvalue weighted by molar-refractivity contribution is 7.99. The Morgan fingerprint density at radius 2 is 2.11 bits per heavy atom. The molecule has 0 aromatic carbocycles. The largest absolute Gasteiger partial charge is 0.281 e. The van der Waals surface area contributed by atoms with E-state index in [2.05, 4.69) is 21.8 Å². The summed E-state index contributed by atoms with van der Waals surface area (Å²) in [5, 5.41) is 6.61. The number of rotatable bonds is 7. The number of nitrogens with one attached hydrogen (secondary N) is 2. The second-order valence-electron chi connectivity index (χ2n) is 4.27. The maximum absolute atomic E-state index is 12.2. The molecule has 0 radical (unpaired) electrons. The Hall–Kier alpha value is -0.530. The van der Waals surface area contributed by atoms with E-state index in [4.69, 9.17) is 0 Å². The zero-order valence-electron chi connectivity index (χ0n) is 11.3. The Bertz CT molecular complexity index is 463. The molecule has 1 aromatic heterocycles. The molecule has 1 heterocycles. The first kappa shape index (κ1) is 15.5. The third kappa shape index (κ3) is 4.00. The minimum atomic E-state index is -3.47. The molecule has 104 valence electrons. The van der Waals surface area contributed by atoms with Gasteiger partial charge in [0.1, 0.15) is 4.90 Å². The van der Waals surface area contributed by atoms with Crippen LogP contribution in [-0.4, -0.2) is 36.2 Å². The van der Waals surface area contributed by atoms with Crippen molar-refractivity contribution in [2.45, 2.75) is 45.1 Å². The molecule has 0 saturated carbocycles. The molecule has 0 spiro atoms. The second-order valence-corrected chi connectivity index (χ2v) is 7.32. The summed E-state index contributed by atoms with van der Waals surface area (Å²) in [7, 11) is -3.47. The third-order valence-corrected chi connectivity index (χ3v) is 5.37. The van der Waals surface area contributed by atoms with E-state index in [1.165, 1.54) is 0 Å². The van der Waals surface area contributed by atoms with Gasteiger partial charge >= 0.3 is 0 Å². The molecular formula is C11H21N3O2S2. The lowest BCUT2D eigenvalue weighted by molar-refractivity contribution is 0.556. The van der Waals surface area contributed by atoms with E-state index < -0.39 is 10.0 Å². The molecule has 0 fully saturated rings. The molecule has 1 unspecified atom stereocenters. The molecule has 18 heavy (non-hydrogen) atoms.